The molecule has 27 heavy (non-hydrogen) atoms. The summed E-state index contributed by atoms with van der Waals surface area (Å²) in [7, 11) is -3.93. The molecular weight excluding hydrogens is 411 g/mol. The number of piperazine rings is 1. The number of carbonyl (C=O) groups is 1. The number of nitrogens with one attached hydrogen (secondary N) is 2. The van der Waals surface area contributed by atoms with Gasteiger partial charge in [0, 0.05) is 38.6 Å². The third kappa shape index (κ3) is 7.17. The number of sulfonamides is 1. The van der Waals surface area contributed by atoms with Crippen LogP contribution in [0.15, 0.2) is 29.2 Å². The molecule has 0 aromatic heterocycles. The van der Waals surface area contributed by atoms with Gasteiger partial charge in [0.25, 0.3) is 0 Å². The molecule has 1 amide bonds. The number of hydrogen-bond donors (Lipinski definition) is 2. The second-order valence-corrected chi connectivity index (χ2v) is 7.57. The van der Waals surface area contributed by atoms with Crippen molar-refractivity contribution in [1.29, 1.82) is 0 Å². The number of carbonyl (C=O) groups excluding carboxylic acids is 1. The lowest BCUT2D eigenvalue weighted by Crippen LogP contribution is -2.52. The van der Waals surface area contributed by atoms with Crippen molar-refractivity contribution in [2.24, 2.45) is 0 Å². The molecule has 1 heterocycles. The minimum atomic E-state index is -4.85. The van der Waals surface area contributed by atoms with E-state index in [0.717, 1.165) is 24.3 Å². The van der Waals surface area contributed by atoms with Crippen molar-refractivity contribution in [1.82, 2.24) is 14.9 Å². The topological polar surface area (TPSA) is 87.7 Å². The highest BCUT2D eigenvalue weighted by Crippen LogP contribution is 2.23. The molecule has 2 N–H and O–H groups in total. The molecule has 154 valence electrons. The second kappa shape index (κ2) is 9.58. The Morgan fingerprint density at radius 1 is 1.33 bits per heavy atom. The van der Waals surface area contributed by atoms with Crippen LogP contribution in [0.3, 0.4) is 0 Å². The van der Waals surface area contributed by atoms with Gasteiger partial charge < -0.3 is 15.0 Å². The van der Waals surface area contributed by atoms with Crippen LogP contribution in [-0.2, 0) is 14.8 Å². The lowest BCUT2D eigenvalue weighted by atomic mass is 10.2. The molecule has 1 aromatic rings. The number of amides is 1. The van der Waals surface area contributed by atoms with Gasteiger partial charge in [-0.05, 0) is 31.2 Å². The van der Waals surface area contributed by atoms with Crippen LogP contribution in [0.4, 0.5) is 13.2 Å². The Hall–Kier alpha value is -1.56. The summed E-state index contributed by atoms with van der Waals surface area (Å²) in [6, 6.07) is 3.87. The zero-order valence-corrected chi connectivity index (χ0v) is 16.1. The van der Waals surface area contributed by atoms with Crippen molar-refractivity contribution in [3.8, 4) is 5.75 Å². The molecule has 1 unspecified atom stereocenters. The number of alkyl halides is 3. The summed E-state index contributed by atoms with van der Waals surface area (Å²) in [4.78, 5) is 13.6. The highest BCUT2D eigenvalue weighted by Gasteiger charge is 2.31. The molecule has 0 aliphatic carbocycles. The summed E-state index contributed by atoms with van der Waals surface area (Å²) >= 11 is 0. The van der Waals surface area contributed by atoms with E-state index in [1.54, 1.807) is 4.90 Å². The van der Waals surface area contributed by atoms with Crippen LogP contribution >= 0.6 is 12.4 Å². The van der Waals surface area contributed by atoms with Gasteiger partial charge in [0.2, 0.25) is 15.9 Å². The SMILES string of the molecule is CC1CNCCN1C(=O)CCNS(=O)(=O)c1ccc(OC(F)(F)F)cc1.Cl. The summed E-state index contributed by atoms with van der Waals surface area (Å²) in [5.74, 6) is -0.671. The van der Waals surface area contributed by atoms with Crippen LogP contribution in [0.5, 0.6) is 5.75 Å². The minimum absolute atomic E-state index is 0. The lowest BCUT2D eigenvalue weighted by molar-refractivity contribution is -0.274. The van der Waals surface area contributed by atoms with Crippen molar-refractivity contribution in [3.63, 3.8) is 0 Å². The van der Waals surface area contributed by atoms with E-state index in [1.807, 2.05) is 6.92 Å². The number of ether oxygens (including phenoxy) is 1. The molecule has 12 heteroatoms. The Kier molecular flexibility index (Phi) is 8.33. The Labute approximate surface area is 161 Å². The first-order valence-electron chi connectivity index (χ1n) is 7.94. The molecule has 1 fully saturated rings. The van der Waals surface area contributed by atoms with Crippen molar-refractivity contribution < 1.29 is 31.1 Å². The molecule has 0 saturated carbocycles. The van der Waals surface area contributed by atoms with Gasteiger partial charge in [0.1, 0.15) is 5.75 Å². The average molecular weight is 432 g/mol. The number of rotatable bonds is 6. The van der Waals surface area contributed by atoms with Crippen molar-refractivity contribution in [3.05, 3.63) is 24.3 Å². The third-order valence-corrected chi connectivity index (χ3v) is 5.30. The van der Waals surface area contributed by atoms with E-state index >= 15 is 0 Å². The Morgan fingerprint density at radius 3 is 2.52 bits per heavy atom. The van der Waals surface area contributed by atoms with Crippen LogP contribution < -0.4 is 14.8 Å². The van der Waals surface area contributed by atoms with Crippen LogP contribution in [0.25, 0.3) is 0 Å². The summed E-state index contributed by atoms with van der Waals surface area (Å²) in [5, 5.41) is 3.15. The molecule has 7 nitrogen and oxygen atoms in total. The van der Waals surface area contributed by atoms with Crippen LogP contribution in [0.2, 0.25) is 0 Å². The summed E-state index contributed by atoms with van der Waals surface area (Å²) in [6.45, 7) is 3.74. The fraction of sp³-hybridized carbons (Fsp3) is 0.533. The molecular formula is C15H21ClF3N3O4S. The van der Waals surface area contributed by atoms with Gasteiger partial charge in [0.15, 0.2) is 0 Å². The summed E-state index contributed by atoms with van der Waals surface area (Å²) in [5.41, 5.74) is 0. The maximum absolute atomic E-state index is 12.1. The van der Waals surface area contributed by atoms with Gasteiger partial charge in [-0.15, -0.1) is 25.6 Å². The van der Waals surface area contributed by atoms with E-state index in [0.29, 0.717) is 19.6 Å². The standard InChI is InChI=1S/C15H20F3N3O4S.ClH/c1-11-10-19-8-9-21(11)14(22)6-7-20-26(23,24)13-4-2-12(3-5-13)25-15(16,17)18;/h2-5,11,19-20H,6-10H2,1H3;1H. The predicted molar refractivity (Wildman–Crippen MR) is 94.2 cm³/mol. The number of nitrogens with zero attached hydrogens (tertiary/aromatic N) is 1. The maximum Gasteiger partial charge on any atom is 0.573 e. The molecule has 1 aromatic carbocycles. The highest BCUT2D eigenvalue weighted by atomic mass is 35.5. The largest absolute Gasteiger partial charge is 0.573 e. The monoisotopic (exact) mass is 431 g/mol. The number of halogens is 4. The Morgan fingerprint density at radius 2 is 1.96 bits per heavy atom. The Balaban J connectivity index is 0.00000364. The fourth-order valence-corrected chi connectivity index (χ4v) is 3.58. The zero-order chi connectivity index (χ0) is 19.4. The minimum Gasteiger partial charge on any atom is -0.406 e. The number of benzene rings is 1. The normalized spacial score (nSPS) is 17.9. The Bertz CT molecular complexity index is 729. The van der Waals surface area contributed by atoms with E-state index in [2.05, 4.69) is 14.8 Å². The van der Waals surface area contributed by atoms with Crippen molar-refractivity contribution >= 4 is 28.3 Å². The molecule has 0 spiro atoms. The molecule has 1 atom stereocenters. The second-order valence-electron chi connectivity index (χ2n) is 5.81. The highest BCUT2D eigenvalue weighted by molar-refractivity contribution is 7.89. The molecule has 0 bridgehead atoms. The molecule has 0 radical (unpaired) electrons. The predicted octanol–water partition coefficient (Wildman–Crippen LogP) is 1.50. The zero-order valence-electron chi connectivity index (χ0n) is 14.5. The van der Waals surface area contributed by atoms with E-state index in [-0.39, 0.29) is 42.2 Å². The van der Waals surface area contributed by atoms with Crippen LogP contribution in [-0.4, -0.2) is 57.8 Å². The van der Waals surface area contributed by atoms with Gasteiger partial charge in [0.05, 0.1) is 4.90 Å². The van der Waals surface area contributed by atoms with E-state index < -0.39 is 22.1 Å². The van der Waals surface area contributed by atoms with Gasteiger partial charge in [-0.25, -0.2) is 13.1 Å². The van der Waals surface area contributed by atoms with Gasteiger partial charge in [-0.2, -0.15) is 0 Å². The van der Waals surface area contributed by atoms with Gasteiger partial charge >= 0.3 is 6.36 Å². The average Bonchev–Trinajstić information content (AvgIpc) is 2.54. The molecule has 1 aliphatic heterocycles. The van der Waals surface area contributed by atoms with Crippen molar-refractivity contribution in [2.45, 2.75) is 30.6 Å². The molecule has 2 rings (SSSR count). The van der Waals surface area contributed by atoms with Crippen molar-refractivity contribution in [2.75, 3.05) is 26.2 Å². The first kappa shape index (κ1) is 23.5. The fourth-order valence-electron chi connectivity index (χ4n) is 2.55. The smallest absolute Gasteiger partial charge is 0.406 e. The quantitative estimate of drug-likeness (QED) is 0.712. The van der Waals surface area contributed by atoms with Crippen LogP contribution in [0.1, 0.15) is 13.3 Å². The van der Waals surface area contributed by atoms with E-state index in [9.17, 15) is 26.4 Å². The van der Waals surface area contributed by atoms with Gasteiger partial charge in [-0.3, -0.25) is 4.79 Å². The lowest BCUT2D eigenvalue weighted by Gasteiger charge is -2.34. The summed E-state index contributed by atoms with van der Waals surface area (Å²) < 4.78 is 66.6. The summed E-state index contributed by atoms with van der Waals surface area (Å²) in [6.07, 6.45) is -4.85. The first-order valence-corrected chi connectivity index (χ1v) is 9.42. The van der Waals surface area contributed by atoms with Crippen LogP contribution in [0, 0.1) is 0 Å². The van der Waals surface area contributed by atoms with Gasteiger partial charge in [-0.1, -0.05) is 0 Å². The molecule has 1 aliphatic rings. The van der Waals surface area contributed by atoms with E-state index in [4.69, 9.17) is 0 Å². The first-order chi connectivity index (χ1) is 12.1. The third-order valence-electron chi connectivity index (χ3n) is 3.82. The number of hydrogen-bond acceptors (Lipinski definition) is 5. The molecule has 1 saturated heterocycles. The maximum atomic E-state index is 12.1. The van der Waals surface area contributed by atoms with E-state index in [1.165, 1.54) is 0 Å².